The van der Waals surface area contributed by atoms with Crippen LogP contribution < -0.4 is 0 Å². The summed E-state index contributed by atoms with van der Waals surface area (Å²) in [5, 5.41) is 0. The fourth-order valence-corrected chi connectivity index (χ4v) is 4.27. The first-order valence-electron chi connectivity index (χ1n) is 10.2. The highest BCUT2D eigenvalue weighted by Crippen LogP contribution is 2.32. The molecule has 0 radical (unpaired) electrons. The second-order valence-corrected chi connectivity index (χ2v) is 8.47. The van der Waals surface area contributed by atoms with E-state index >= 15 is 0 Å². The van der Waals surface area contributed by atoms with Gasteiger partial charge in [-0.1, -0.05) is 23.8 Å². The molecule has 0 bridgehead atoms. The summed E-state index contributed by atoms with van der Waals surface area (Å²) in [7, 11) is 3.74. The number of aryl methyl sites for hydroxylation is 1. The summed E-state index contributed by atoms with van der Waals surface area (Å²) in [6.45, 7) is 4.50. The number of pyridine rings is 1. The SMILES string of the molecule is Cc1cccc(C(=O)N2CC3(C2)CN(C)[C@H](C(=O)N(C)Cc2ccccn2)CO3)c1. The summed E-state index contributed by atoms with van der Waals surface area (Å²) in [5.74, 6) is 0.0499. The molecule has 7 heteroatoms. The average molecular weight is 409 g/mol. The van der Waals surface area contributed by atoms with Crippen LogP contribution in [-0.2, 0) is 16.1 Å². The third-order valence-electron chi connectivity index (χ3n) is 5.91. The number of carbonyl (C=O) groups excluding carboxylic acids is 2. The molecule has 0 N–H and O–H groups in total. The van der Waals surface area contributed by atoms with E-state index < -0.39 is 0 Å². The molecule has 3 heterocycles. The zero-order chi connectivity index (χ0) is 21.3. The van der Waals surface area contributed by atoms with Gasteiger partial charge < -0.3 is 14.5 Å². The fraction of sp³-hybridized carbons (Fsp3) is 0.435. The Morgan fingerprint density at radius 2 is 2.00 bits per heavy atom. The molecule has 158 valence electrons. The van der Waals surface area contributed by atoms with Gasteiger partial charge in [0.1, 0.15) is 11.6 Å². The number of likely N-dealkylation sites (tertiary alicyclic amines) is 1. The average Bonchev–Trinajstić information content (AvgIpc) is 2.71. The fourth-order valence-electron chi connectivity index (χ4n) is 4.27. The number of hydrogen-bond donors (Lipinski definition) is 0. The molecule has 1 atom stereocenters. The highest BCUT2D eigenvalue weighted by molar-refractivity contribution is 5.95. The van der Waals surface area contributed by atoms with Crippen molar-refractivity contribution in [1.29, 1.82) is 0 Å². The number of carbonyl (C=O) groups is 2. The summed E-state index contributed by atoms with van der Waals surface area (Å²) >= 11 is 0. The van der Waals surface area contributed by atoms with Crippen molar-refractivity contribution in [3.63, 3.8) is 0 Å². The minimum Gasteiger partial charge on any atom is -0.368 e. The van der Waals surface area contributed by atoms with Crippen LogP contribution in [0.1, 0.15) is 21.6 Å². The third-order valence-corrected chi connectivity index (χ3v) is 5.91. The van der Waals surface area contributed by atoms with Crippen LogP contribution in [0.2, 0.25) is 0 Å². The highest BCUT2D eigenvalue weighted by Gasteiger charge is 2.51. The van der Waals surface area contributed by atoms with E-state index in [0.29, 0.717) is 38.3 Å². The maximum absolute atomic E-state index is 12.9. The Bertz CT molecular complexity index is 927. The Labute approximate surface area is 177 Å². The van der Waals surface area contributed by atoms with Gasteiger partial charge >= 0.3 is 0 Å². The van der Waals surface area contributed by atoms with Crippen molar-refractivity contribution in [2.45, 2.75) is 25.1 Å². The van der Waals surface area contributed by atoms with Crippen molar-refractivity contribution in [1.82, 2.24) is 19.7 Å². The van der Waals surface area contributed by atoms with Crippen LogP contribution in [0.25, 0.3) is 0 Å². The van der Waals surface area contributed by atoms with E-state index in [1.165, 1.54) is 0 Å². The van der Waals surface area contributed by atoms with E-state index in [-0.39, 0.29) is 23.5 Å². The first kappa shape index (κ1) is 20.5. The van der Waals surface area contributed by atoms with E-state index in [9.17, 15) is 9.59 Å². The van der Waals surface area contributed by atoms with Crippen molar-refractivity contribution >= 4 is 11.8 Å². The third kappa shape index (κ3) is 4.08. The second kappa shape index (κ2) is 8.16. The summed E-state index contributed by atoms with van der Waals surface area (Å²) in [4.78, 5) is 35.5. The summed E-state index contributed by atoms with van der Waals surface area (Å²) < 4.78 is 6.15. The Hall–Kier alpha value is -2.77. The van der Waals surface area contributed by atoms with Gasteiger partial charge in [0.25, 0.3) is 5.91 Å². The van der Waals surface area contributed by atoms with Crippen LogP contribution >= 0.6 is 0 Å². The molecular weight excluding hydrogens is 380 g/mol. The van der Waals surface area contributed by atoms with Crippen molar-refractivity contribution in [3.05, 3.63) is 65.5 Å². The smallest absolute Gasteiger partial charge is 0.254 e. The zero-order valence-electron chi connectivity index (χ0n) is 17.7. The van der Waals surface area contributed by atoms with Gasteiger partial charge in [0, 0.05) is 25.4 Å². The number of aromatic nitrogens is 1. The van der Waals surface area contributed by atoms with Crippen LogP contribution in [0.4, 0.5) is 0 Å². The number of morpholine rings is 1. The van der Waals surface area contributed by atoms with Crippen molar-refractivity contribution in [3.8, 4) is 0 Å². The Morgan fingerprint density at radius 1 is 1.20 bits per heavy atom. The monoisotopic (exact) mass is 408 g/mol. The van der Waals surface area contributed by atoms with E-state index in [1.807, 2.05) is 61.3 Å². The number of ether oxygens (including phenoxy) is 1. The summed E-state index contributed by atoms with van der Waals surface area (Å²) in [6.07, 6.45) is 1.73. The number of hydrogen-bond acceptors (Lipinski definition) is 5. The molecule has 1 spiro atoms. The maximum atomic E-state index is 12.9. The van der Waals surface area contributed by atoms with Gasteiger partial charge in [-0.05, 0) is 38.2 Å². The van der Waals surface area contributed by atoms with E-state index in [2.05, 4.69) is 9.88 Å². The topological polar surface area (TPSA) is 66.0 Å². The first-order chi connectivity index (χ1) is 14.4. The van der Waals surface area contributed by atoms with Gasteiger partial charge in [-0.2, -0.15) is 0 Å². The maximum Gasteiger partial charge on any atom is 0.254 e. The summed E-state index contributed by atoms with van der Waals surface area (Å²) in [6, 6.07) is 13.0. The Kier molecular flexibility index (Phi) is 5.58. The summed E-state index contributed by atoms with van der Waals surface area (Å²) in [5.41, 5.74) is 2.25. The lowest BCUT2D eigenvalue weighted by atomic mass is 9.89. The molecule has 1 aromatic carbocycles. The quantitative estimate of drug-likeness (QED) is 0.769. The first-order valence-corrected chi connectivity index (χ1v) is 10.2. The Balaban J connectivity index is 1.32. The molecule has 2 saturated heterocycles. The molecule has 1 aromatic heterocycles. The number of rotatable bonds is 4. The Morgan fingerprint density at radius 3 is 2.67 bits per heavy atom. The molecule has 2 fully saturated rings. The van der Waals surface area contributed by atoms with Crippen LogP contribution in [0.5, 0.6) is 0 Å². The molecule has 2 aromatic rings. The molecule has 0 aliphatic carbocycles. The lowest BCUT2D eigenvalue weighted by molar-refractivity contribution is -0.190. The normalized spacial score (nSPS) is 20.6. The van der Waals surface area contributed by atoms with Crippen LogP contribution in [0.15, 0.2) is 48.7 Å². The van der Waals surface area contributed by atoms with E-state index in [4.69, 9.17) is 4.74 Å². The van der Waals surface area contributed by atoms with Gasteiger partial charge in [-0.3, -0.25) is 19.5 Å². The van der Waals surface area contributed by atoms with Crippen LogP contribution in [0, 0.1) is 6.92 Å². The predicted molar refractivity (Wildman–Crippen MR) is 113 cm³/mol. The molecule has 2 amide bonds. The van der Waals surface area contributed by atoms with Gasteiger partial charge in [0.05, 0.1) is 31.9 Å². The van der Waals surface area contributed by atoms with Gasteiger partial charge in [-0.25, -0.2) is 0 Å². The van der Waals surface area contributed by atoms with Crippen LogP contribution in [0.3, 0.4) is 0 Å². The molecule has 7 nitrogen and oxygen atoms in total. The van der Waals surface area contributed by atoms with Crippen molar-refractivity contribution in [2.75, 3.05) is 40.3 Å². The highest BCUT2D eigenvalue weighted by atomic mass is 16.5. The molecule has 30 heavy (non-hydrogen) atoms. The number of benzene rings is 1. The van der Waals surface area contributed by atoms with Gasteiger partial charge in [-0.15, -0.1) is 0 Å². The minimum absolute atomic E-state index is 0.0185. The predicted octanol–water partition coefficient (Wildman–Crippen LogP) is 1.57. The number of amides is 2. The van der Waals surface area contributed by atoms with Crippen molar-refractivity contribution in [2.24, 2.45) is 0 Å². The molecule has 2 aliphatic heterocycles. The molecular formula is C23H28N4O3. The number of nitrogens with zero attached hydrogens (tertiary/aromatic N) is 4. The standard InChI is InChI=1S/C23H28N4O3/c1-17-7-6-8-18(11-17)21(28)27-15-23(16-27)14-26(3)20(13-30-23)22(29)25(2)12-19-9-4-5-10-24-19/h4-11,20H,12-16H2,1-3H3/t20-/m0/s1. The van der Waals surface area contributed by atoms with E-state index in [1.54, 1.807) is 18.1 Å². The molecule has 2 aliphatic rings. The van der Waals surface area contributed by atoms with Crippen LogP contribution in [-0.4, -0.2) is 83.5 Å². The lowest BCUT2D eigenvalue weighted by Crippen LogP contribution is -2.73. The largest absolute Gasteiger partial charge is 0.368 e. The van der Waals surface area contributed by atoms with Gasteiger partial charge in [0.15, 0.2) is 0 Å². The molecule has 0 unspecified atom stereocenters. The zero-order valence-corrected chi connectivity index (χ0v) is 17.7. The second-order valence-electron chi connectivity index (χ2n) is 8.47. The van der Waals surface area contributed by atoms with Gasteiger partial charge in [0.2, 0.25) is 5.91 Å². The van der Waals surface area contributed by atoms with Crippen molar-refractivity contribution < 1.29 is 14.3 Å². The minimum atomic E-state index is -0.384. The van der Waals surface area contributed by atoms with E-state index in [0.717, 1.165) is 11.3 Å². The molecule has 4 rings (SSSR count). The molecule has 0 saturated carbocycles. The lowest BCUT2D eigenvalue weighted by Gasteiger charge is -2.55. The number of likely N-dealkylation sites (N-methyl/N-ethyl adjacent to an activating group) is 2.